The van der Waals surface area contributed by atoms with E-state index in [1.54, 1.807) is 48.5 Å². The Morgan fingerprint density at radius 1 is 1.08 bits per heavy atom. The molecule has 2 heterocycles. The zero-order valence-electron chi connectivity index (χ0n) is 13.4. The summed E-state index contributed by atoms with van der Waals surface area (Å²) in [4.78, 5) is 41.3. The van der Waals surface area contributed by atoms with Gasteiger partial charge in [-0.25, -0.2) is 4.79 Å². The topological polar surface area (TPSA) is 85.5 Å². The smallest absolute Gasteiger partial charge is 0.350 e. The first-order chi connectivity index (χ1) is 12.5. The van der Waals surface area contributed by atoms with Crippen molar-refractivity contribution in [2.45, 2.75) is 0 Å². The van der Waals surface area contributed by atoms with E-state index in [-0.39, 0.29) is 12.2 Å². The third kappa shape index (κ3) is 2.78. The second-order valence-electron chi connectivity index (χ2n) is 5.79. The molecule has 2 aromatic carbocycles. The predicted molar refractivity (Wildman–Crippen MR) is 96.8 cm³/mol. The van der Waals surface area contributed by atoms with Crippen LogP contribution in [0.25, 0.3) is 10.9 Å². The van der Waals surface area contributed by atoms with Gasteiger partial charge in [0.05, 0.1) is 0 Å². The molecule has 4 rings (SSSR count). The standard InChI is InChI=1S/C18H13ClN4O3/c19-12-6-7-14-11(8-12)9-15(20-14)17(25)21-23-16(24)10-22(18(23)26)13-4-2-1-3-5-13/h1-9,20H,10H2,(H,21,25). The molecule has 4 amide bonds. The molecular weight excluding hydrogens is 356 g/mol. The van der Waals surface area contributed by atoms with Gasteiger partial charge in [-0.2, -0.15) is 5.01 Å². The molecule has 0 bridgehead atoms. The Morgan fingerprint density at radius 3 is 2.62 bits per heavy atom. The summed E-state index contributed by atoms with van der Waals surface area (Å²) < 4.78 is 0. The number of H-pyrrole nitrogens is 1. The van der Waals surface area contributed by atoms with E-state index in [9.17, 15) is 14.4 Å². The first-order valence-electron chi connectivity index (χ1n) is 7.82. The molecule has 0 saturated carbocycles. The lowest BCUT2D eigenvalue weighted by Crippen LogP contribution is -2.47. The quantitative estimate of drug-likeness (QED) is 0.697. The van der Waals surface area contributed by atoms with Crippen LogP contribution in [0.4, 0.5) is 10.5 Å². The molecule has 26 heavy (non-hydrogen) atoms. The number of hydrogen-bond acceptors (Lipinski definition) is 3. The lowest BCUT2D eigenvalue weighted by atomic mass is 10.2. The first kappa shape index (κ1) is 16.2. The van der Waals surface area contributed by atoms with E-state index in [0.717, 1.165) is 15.9 Å². The van der Waals surface area contributed by atoms with E-state index in [2.05, 4.69) is 10.4 Å². The van der Waals surface area contributed by atoms with Crippen LogP contribution in [0.2, 0.25) is 5.02 Å². The number of para-hydroxylation sites is 1. The van der Waals surface area contributed by atoms with Gasteiger partial charge in [0, 0.05) is 21.6 Å². The maximum Gasteiger partial charge on any atom is 0.351 e. The summed E-state index contributed by atoms with van der Waals surface area (Å²) in [6.07, 6.45) is 0. The molecule has 0 atom stereocenters. The number of rotatable bonds is 3. The number of hydrazine groups is 1. The average molecular weight is 369 g/mol. The molecule has 1 aliphatic rings. The number of amides is 4. The van der Waals surface area contributed by atoms with Gasteiger partial charge in [-0.3, -0.25) is 19.9 Å². The Hall–Kier alpha value is -3.32. The summed E-state index contributed by atoms with van der Waals surface area (Å²) in [5.74, 6) is -1.10. The summed E-state index contributed by atoms with van der Waals surface area (Å²) in [5.41, 5.74) is 3.89. The van der Waals surface area contributed by atoms with Gasteiger partial charge in [0.15, 0.2) is 0 Å². The van der Waals surface area contributed by atoms with Gasteiger partial charge >= 0.3 is 6.03 Å². The van der Waals surface area contributed by atoms with Gasteiger partial charge in [0.2, 0.25) is 0 Å². The highest BCUT2D eigenvalue weighted by atomic mass is 35.5. The Kier molecular flexibility index (Phi) is 3.85. The van der Waals surface area contributed by atoms with Crippen molar-refractivity contribution in [3.8, 4) is 0 Å². The fourth-order valence-corrected chi connectivity index (χ4v) is 2.99. The van der Waals surface area contributed by atoms with E-state index >= 15 is 0 Å². The Bertz CT molecular complexity index is 1030. The molecule has 1 aromatic heterocycles. The number of anilines is 1. The molecule has 2 N–H and O–H groups in total. The molecule has 0 unspecified atom stereocenters. The molecule has 0 radical (unpaired) electrons. The zero-order chi connectivity index (χ0) is 18.3. The van der Waals surface area contributed by atoms with Crippen LogP contribution in [0.3, 0.4) is 0 Å². The van der Waals surface area contributed by atoms with Gasteiger partial charge in [0.1, 0.15) is 12.2 Å². The SMILES string of the molecule is O=C(NN1C(=O)CN(c2ccccc2)C1=O)c1cc2cc(Cl)ccc2[nH]1. The van der Waals surface area contributed by atoms with E-state index in [1.807, 2.05) is 6.07 Å². The highest BCUT2D eigenvalue weighted by Crippen LogP contribution is 2.21. The Balaban J connectivity index is 1.55. The van der Waals surface area contributed by atoms with Crippen LogP contribution in [0.15, 0.2) is 54.6 Å². The van der Waals surface area contributed by atoms with Crippen LogP contribution in [0, 0.1) is 0 Å². The minimum absolute atomic E-state index is 0.133. The number of fused-ring (bicyclic) bond motifs is 1. The Morgan fingerprint density at radius 2 is 1.85 bits per heavy atom. The van der Waals surface area contributed by atoms with Crippen LogP contribution in [-0.4, -0.2) is 34.4 Å². The largest absolute Gasteiger partial charge is 0.351 e. The third-order valence-electron chi connectivity index (χ3n) is 4.07. The number of halogens is 1. The molecule has 8 heteroatoms. The zero-order valence-corrected chi connectivity index (χ0v) is 14.2. The van der Waals surface area contributed by atoms with Gasteiger partial charge in [-0.15, -0.1) is 0 Å². The molecule has 0 spiro atoms. The number of benzene rings is 2. The molecular formula is C18H13ClN4O3. The van der Waals surface area contributed by atoms with Crippen LogP contribution >= 0.6 is 11.6 Å². The maximum atomic E-state index is 12.5. The van der Waals surface area contributed by atoms with E-state index in [4.69, 9.17) is 11.6 Å². The van der Waals surface area contributed by atoms with Crippen LogP contribution in [-0.2, 0) is 4.79 Å². The summed E-state index contributed by atoms with van der Waals surface area (Å²) in [6.45, 7) is -0.133. The molecule has 7 nitrogen and oxygen atoms in total. The molecule has 1 aliphatic heterocycles. The van der Waals surface area contributed by atoms with E-state index in [0.29, 0.717) is 10.7 Å². The second-order valence-corrected chi connectivity index (χ2v) is 6.23. The fraction of sp³-hybridized carbons (Fsp3) is 0.0556. The Labute approximate surface area is 153 Å². The fourth-order valence-electron chi connectivity index (χ4n) is 2.81. The first-order valence-corrected chi connectivity index (χ1v) is 8.19. The molecule has 1 fully saturated rings. The van der Waals surface area contributed by atoms with Crippen molar-refractivity contribution in [2.75, 3.05) is 11.4 Å². The number of nitrogens with zero attached hydrogens (tertiary/aromatic N) is 2. The average Bonchev–Trinajstić information content (AvgIpc) is 3.18. The van der Waals surface area contributed by atoms with Crippen molar-refractivity contribution in [3.63, 3.8) is 0 Å². The van der Waals surface area contributed by atoms with Gasteiger partial charge < -0.3 is 4.98 Å². The lowest BCUT2D eigenvalue weighted by Gasteiger charge is -2.17. The van der Waals surface area contributed by atoms with Crippen molar-refractivity contribution < 1.29 is 14.4 Å². The van der Waals surface area contributed by atoms with Crippen LogP contribution < -0.4 is 10.3 Å². The highest BCUT2D eigenvalue weighted by molar-refractivity contribution is 6.31. The molecule has 0 aliphatic carbocycles. The summed E-state index contributed by atoms with van der Waals surface area (Å²) in [6, 6.07) is 15.0. The number of hydrogen-bond donors (Lipinski definition) is 2. The van der Waals surface area contributed by atoms with Gasteiger partial charge in [-0.05, 0) is 36.4 Å². The van der Waals surface area contributed by atoms with Crippen molar-refractivity contribution in [1.29, 1.82) is 0 Å². The van der Waals surface area contributed by atoms with Gasteiger partial charge in [0.25, 0.3) is 11.8 Å². The number of aromatic nitrogens is 1. The van der Waals surface area contributed by atoms with Crippen LogP contribution in [0.5, 0.6) is 0 Å². The second kappa shape index (κ2) is 6.20. The van der Waals surface area contributed by atoms with Crippen molar-refractivity contribution in [1.82, 2.24) is 15.4 Å². The van der Waals surface area contributed by atoms with E-state index in [1.165, 1.54) is 4.90 Å². The van der Waals surface area contributed by atoms with Crippen molar-refractivity contribution in [3.05, 3.63) is 65.3 Å². The summed E-state index contributed by atoms with van der Waals surface area (Å²) >= 11 is 5.94. The maximum absolute atomic E-state index is 12.5. The van der Waals surface area contributed by atoms with Crippen molar-refractivity contribution in [2.24, 2.45) is 0 Å². The van der Waals surface area contributed by atoms with Crippen molar-refractivity contribution >= 4 is 46.0 Å². The predicted octanol–water partition coefficient (Wildman–Crippen LogP) is 2.93. The molecule has 3 aromatic rings. The number of imide groups is 1. The monoisotopic (exact) mass is 368 g/mol. The number of urea groups is 1. The normalized spacial score (nSPS) is 14.3. The minimum Gasteiger partial charge on any atom is -0.350 e. The summed E-state index contributed by atoms with van der Waals surface area (Å²) in [5, 5.41) is 2.04. The van der Waals surface area contributed by atoms with Crippen LogP contribution in [0.1, 0.15) is 10.5 Å². The number of carbonyl (C=O) groups excluding carboxylic acids is 3. The summed E-state index contributed by atoms with van der Waals surface area (Å²) in [7, 11) is 0. The number of carbonyl (C=O) groups is 3. The third-order valence-corrected chi connectivity index (χ3v) is 4.31. The number of aromatic amines is 1. The molecule has 1 saturated heterocycles. The highest BCUT2D eigenvalue weighted by Gasteiger charge is 2.38. The lowest BCUT2D eigenvalue weighted by molar-refractivity contribution is -0.126. The van der Waals surface area contributed by atoms with E-state index < -0.39 is 17.8 Å². The molecule has 130 valence electrons. The van der Waals surface area contributed by atoms with Gasteiger partial charge in [-0.1, -0.05) is 29.8 Å². The minimum atomic E-state index is -0.603. The number of nitrogens with one attached hydrogen (secondary N) is 2.